The highest BCUT2D eigenvalue weighted by molar-refractivity contribution is 5.67. The summed E-state index contributed by atoms with van der Waals surface area (Å²) in [5.74, 6) is 0. The summed E-state index contributed by atoms with van der Waals surface area (Å²) in [6.07, 6.45) is -0.399. The van der Waals surface area contributed by atoms with E-state index in [1.807, 2.05) is 51.1 Å². The molecule has 0 aliphatic carbocycles. The van der Waals surface area contributed by atoms with Gasteiger partial charge in [0.1, 0.15) is 5.60 Å². The summed E-state index contributed by atoms with van der Waals surface area (Å²) in [5.41, 5.74) is 0.622. The number of carbonyl (C=O) groups is 1. The molecule has 0 aliphatic heterocycles. The van der Waals surface area contributed by atoms with Crippen LogP contribution in [0.2, 0.25) is 0 Å². The van der Waals surface area contributed by atoms with Gasteiger partial charge in [-0.25, -0.2) is 4.79 Å². The van der Waals surface area contributed by atoms with Gasteiger partial charge in [-0.3, -0.25) is 5.32 Å². The molecule has 0 fully saturated rings. The summed E-state index contributed by atoms with van der Waals surface area (Å²) >= 11 is 0. The van der Waals surface area contributed by atoms with Crippen molar-refractivity contribution in [1.82, 2.24) is 10.6 Å². The Morgan fingerprint density at radius 3 is 2.25 bits per heavy atom. The van der Waals surface area contributed by atoms with Gasteiger partial charge in [-0.05, 0) is 31.7 Å². The van der Waals surface area contributed by atoms with E-state index in [4.69, 9.17) is 9.47 Å². The number of hydrogen-bond donors (Lipinski definition) is 2. The van der Waals surface area contributed by atoms with Crippen LogP contribution in [0.1, 0.15) is 47.1 Å². The van der Waals surface area contributed by atoms with E-state index in [1.54, 1.807) is 0 Å². The molecule has 0 aromatic heterocycles. The smallest absolute Gasteiger partial charge is 0.407 e. The average Bonchev–Trinajstić information content (AvgIpc) is 2.44. The molecular formula is C19H32N2O3. The van der Waals surface area contributed by atoms with E-state index in [9.17, 15) is 4.79 Å². The van der Waals surface area contributed by atoms with Gasteiger partial charge in [0, 0.05) is 12.6 Å². The number of rotatable bonds is 7. The van der Waals surface area contributed by atoms with Gasteiger partial charge >= 0.3 is 6.09 Å². The van der Waals surface area contributed by atoms with Gasteiger partial charge in [-0.1, -0.05) is 51.1 Å². The predicted molar refractivity (Wildman–Crippen MR) is 96.7 cm³/mol. The number of ether oxygens (including phenoxy) is 2. The Hall–Kier alpha value is -1.59. The van der Waals surface area contributed by atoms with E-state index in [-0.39, 0.29) is 11.5 Å². The largest absolute Gasteiger partial charge is 0.444 e. The standard InChI is InChI=1S/C19H32N2O3/c1-18(2,3)16(12-20-17(22)24-19(4,5)6)21-14-23-13-15-10-8-7-9-11-15/h7-11,16,21H,12-14H2,1-6H3,(H,20,22). The minimum Gasteiger partial charge on any atom is -0.444 e. The lowest BCUT2D eigenvalue weighted by Crippen LogP contribution is -2.49. The molecule has 1 aromatic carbocycles. The summed E-state index contributed by atoms with van der Waals surface area (Å²) in [5, 5.41) is 6.18. The fraction of sp³-hybridized carbons (Fsp3) is 0.632. The topological polar surface area (TPSA) is 59.6 Å². The first-order chi connectivity index (χ1) is 11.1. The van der Waals surface area contributed by atoms with Crippen LogP contribution in [0.15, 0.2) is 30.3 Å². The van der Waals surface area contributed by atoms with Gasteiger partial charge in [0.15, 0.2) is 0 Å². The van der Waals surface area contributed by atoms with Crippen LogP contribution in [0.4, 0.5) is 4.79 Å². The van der Waals surface area contributed by atoms with Crippen molar-refractivity contribution >= 4 is 6.09 Å². The first kappa shape index (κ1) is 20.5. The minimum absolute atomic E-state index is 0.0227. The van der Waals surface area contributed by atoms with E-state index >= 15 is 0 Å². The van der Waals surface area contributed by atoms with Crippen molar-refractivity contribution in [3.05, 3.63) is 35.9 Å². The molecule has 2 N–H and O–H groups in total. The lowest BCUT2D eigenvalue weighted by molar-refractivity contribution is 0.0488. The molecule has 1 amide bonds. The average molecular weight is 336 g/mol. The molecule has 0 heterocycles. The van der Waals surface area contributed by atoms with Crippen LogP contribution in [0, 0.1) is 5.41 Å². The van der Waals surface area contributed by atoms with E-state index in [1.165, 1.54) is 0 Å². The van der Waals surface area contributed by atoms with Gasteiger partial charge in [0.25, 0.3) is 0 Å². The number of benzene rings is 1. The fourth-order valence-corrected chi connectivity index (χ4v) is 2.09. The van der Waals surface area contributed by atoms with Crippen molar-refractivity contribution in [2.75, 3.05) is 13.3 Å². The first-order valence-corrected chi connectivity index (χ1v) is 8.40. The second-order valence-electron chi connectivity index (χ2n) is 7.98. The van der Waals surface area contributed by atoms with Crippen LogP contribution in [-0.2, 0) is 16.1 Å². The molecule has 1 aromatic rings. The first-order valence-electron chi connectivity index (χ1n) is 8.40. The van der Waals surface area contributed by atoms with Crippen molar-refractivity contribution in [2.45, 2.75) is 59.8 Å². The molecule has 0 saturated carbocycles. The van der Waals surface area contributed by atoms with E-state index in [0.717, 1.165) is 5.56 Å². The highest BCUT2D eigenvalue weighted by atomic mass is 16.6. The lowest BCUT2D eigenvalue weighted by atomic mass is 9.87. The molecule has 24 heavy (non-hydrogen) atoms. The predicted octanol–water partition coefficient (Wildman–Crippen LogP) is 3.69. The zero-order valence-corrected chi connectivity index (χ0v) is 15.8. The summed E-state index contributed by atoms with van der Waals surface area (Å²) in [7, 11) is 0. The number of nitrogens with one attached hydrogen (secondary N) is 2. The second kappa shape index (κ2) is 9.04. The monoisotopic (exact) mass is 336 g/mol. The van der Waals surface area contributed by atoms with Crippen molar-refractivity contribution < 1.29 is 14.3 Å². The number of hydrogen-bond acceptors (Lipinski definition) is 4. The Kier molecular flexibility index (Phi) is 7.70. The van der Waals surface area contributed by atoms with Crippen molar-refractivity contribution in [3.63, 3.8) is 0 Å². The summed E-state index contributed by atoms with van der Waals surface area (Å²) < 4.78 is 11.0. The molecule has 1 unspecified atom stereocenters. The van der Waals surface area contributed by atoms with Crippen LogP contribution in [-0.4, -0.2) is 31.0 Å². The van der Waals surface area contributed by atoms with E-state index < -0.39 is 11.7 Å². The quantitative estimate of drug-likeness (QED) is 0.589. The van der Waals surface area contributed by atoms with Crippen LogP contribution < -0.4 is 10.6 Å². The summed E-state index contributed by atoms with van der Waals surface area (Å²) in [6, 6.07) is 10.1. The maximum absolute atomic E-state index is 11.8. The molecule has 0 bridgehead atoms. The molecule has 1 atom stereocenters. The van der Waals surface area contributed by atoms with Gasteiger partial charge in [-0.2, -0.15) is 0 Å². The Balaban J connectivity index is 2.38. The highest BCUT2D eigenvalue weighted by Crippen LogP contribution is 2.19. The normalized spacial score (nSPS) is 13.4. The number of carbonyl (C=O) groups excluding carboxylic acids is 1. The van der Waals surface area contributed by atoms with E-state index in [2.05, 4.69) is 31.4 Å². The highest BCUT2D eigenvalue weighted by Gasteiger charge is 2.25. The van der Waals surface area contributed by atoms with Gasteiger partial charge in [0.2, 0.25) is 0 Å². The second-order valence-corrected chi connectivity index (χ2v) is 7.98. The molecule has 0 spiro atoms. The minimum atomic E-state index is -0.493. The SMILES string of the molecule is CC(C)(C)OC(=O)NCC(NCOCc1ccccc1)C(C)(C)C. The molecule has 0 radical (unpaired) electrons. The third kappa shape index (κ3) is 8.89. The Morgan fingerprint density at radius 1 is 1.08 bits per heavy atom. The summed E-state index contributed by atoms with van der Waals surface area (Å²) in [4.78, 5) is 11.8. The zero-order chi connectivity index (χ0) is 18.2. The number of alkyl carbamates (subject to hydrolysis) is 1. The Bertz CT molecular complexity index is 490. The molecule has 136 valence electrons. The third-order valence-electron chi connectivity index (χ3n) is 3.44. The van der Waals surface area contributed by atoms with Gasteiger partial charge < -0.3 is 14.8 Å². The molecule has 0 aliphatic rings. The Morgan fingerprint density at radius 2 is 1.71 bits per heavy atom. The Labute approximate surface area is 146 Å². The molecule has 5 nitrogen and oxygen atoms in total. The lowest BCUT2D eigenvalue weighted by Gasteiger charge is -2.32. The zero-order valence-electron chi connectivity index (χ0n) is 15.8. The molecular weight excluding hydrogens is 304 g/mol. The van der Waals surface area contributed by atoms with Gasteiger partial charge in [-0.15, -0.1) is 0 Å². The van der Waals surface area contributed by atoms with Crippen molar-refractivity contribution in [3.8, 4) is 0 Å². The maximum Gasteiger partial charge on any atom is 0.407 e. The van der Waals surface area contributed by atoms with Crippen molar-refractivity contribution in [2.24, 2.45) is 5.41 Å². The van der Waals surface area contributed by atoms with Crippen LogP contribution >= 0.6 is 0 Å². The maximum atomic E-state index is 11.8. The third-order valence-corrected chi connectivity index (χ3v) is 3.44. The fourth-order valence-electron chi connectivity index (χ4n) is 2.09. The van der Waals surface area contributed by atoms with Crippen LogP contribution in [0.3, 0.4) is 0 Å². The van der Waals surface area contributed by atoms with Gasteiger partial charge in [0.05, 0.1) is 13.3 Å². The van der Waals surface area contributed by atoms with Crippen LogP contribution in [0.25, 0.3) is 0 Å². The molecule has 5 heteroatoms. The van der Waals surface area contributed by atoms with Crippen molar-refractivity contribution in [1.29, 1.82) is 0 Å². The molecule has 1 rings (SSSR count). The summed E-state index contributed by atoms with van der Waals surface area (Å²) in [6.45, 7) is 13.4. The van der Waals surface area contributed by atoms with E-state index in [0.29, 0.717) is 19.9 Å². The molecule has 0 saturated heterocycles. The number of amides is 1. The van der Waals surface area contributed by atoms with Crippen LogP contribution in [0.5, 0.6) is 0 Å².